The molecule has 126 valence electrons. The number of rotatable bonds is 4. The van der Waals surface area contributed by atoms with Gasteiger partial charge in [0, 0.05) is 19.8 Å². The zero-order valence-electron chi connectivity index (χ0n) is 14.3. The molecule has 0 saturated heterocycles. The molecule has 2 nitrogen and oxygen atoms in total. The molecule has 0 heterocycles. The first-order chi connectivity index (χ1) is 11.6. The highest BCUT2D eigenvalue weighted by atomic mass is 35.5. The van der Waals surface area contributed by atoms with Crippen molar-refractivity contribution >= 4 is 22.9 Å². The van der Waals surface area contributed by atoms with E-state index < -0.39 is 0 Å². The number of aromatic hydroxyl groups is 1. The first-order valence-corrected chi connectivity index (χ1v) is 8.88. The van der Waals surface area contributed by atoms with E-state index in [9.17, 15) is 5.11 Å². The average molecular weight is 342 g/mol. The lowest BCUT2D eigenvalue weighted by atomic mass is 9.80. The molecule has 1 aliphatic carbocycles. The normalized spacial score (nSPS) is 17.5. The predicted octanol–water partition coefficient (Wildman–Crippen LogP) is 5.54. The van der Waals surface area contributed by atoms with Crippen LogP contribution >= 0.6 is 11.6 Å². The molecule has 0 saturated carbocycles. The van der Waals surface area contributed by atoms with E-state index in [2.05, 4.69) is 49.3 Å². The van der Waals surface area contributed by atoms with E-state index in [4.69, 9.17) is 11.6 Å². The molecule has 0 amide bonds. The predicted molar refractivity (Wildman–Crippen MR) is 103 cm³/mol. The summed E-state index contributed by atoms with van der Waals surface area (Å²) in [5.41, 5.74) is 5.07. The molecule has 24 heavy (non-hydrogen) atoms. The summed E-state index contributed by atoms with van der Waals surface area (Å²) in [6.07, 6.45) is 6.85. The van der Waals surface area contributed by atoms with Crippen LogP contribution in [0, 0.1) is 5.92 Å². The van der Waals surface area contributed by atoms with Crippen LogP contribution in [0.15, 0.2) is 48.5 Å². The van der Waals surface area contributed by atoms with Crippen molar-refractivity contribution in [2.24, 2.45) is 5.92 Å². The highest BCUT2D eigenvalue weighted by Gasteiger charge is 2.21. The van der Waals surface area contributed by atoms with Crippen LogP contribution in [-0.4, -0.2) is 19.2 Å². The maximum Gasteiger partial charge on any atom is 0.134 e. The van der Waals surface area contributed by atoms with Gasteiger partial charge < -0.3 is 10.0 Å². The van der Waals surface area contributed by atoms with Crippen LogP contribution in [0.4, 0.5) is 5.69 Å². The van der Waals surface area contributed by atoms with E-state index in [1.807, 2.05) is 6.07 Å². The van der Waals surface area contributed by atoms with E-state index in [0.717, 1.165) is 18.4 Å². The van der Waals surface area contributed by atoms with Gasteiger partial charge in [0.15, 0.2) is 0 Å². The topological polar surface area (TPSA) is 23.5 Å². The number of phenols is 1. The van der Waals surface area contributed by atoms with Crippen molar-refractivity contribution in [1.82, 2.24) is 0 Å². The third-order valence-electron chi connectivity index (χ3n) is 4.78. The molecule has 0 aromatic heterocycles. The Labute approximate surface area is 149 Å². The number of hydrogen-bond acceptors (Lipinski definition) is 2. The van der Waals surface area contributed by atoms with E-state index in [1.165, 1.54) is 29.7 Å². The van der Waals surface area contributed by atoms with Crippen LogP contribution in [-0.2, 0) is 6.42 Å². The third-order valence-corrected chi connectivity index (χ3v) is 5.10. The molecule has 2 aromatic carbocycles. The molecule has 0 aliphatic heterocycles. The Morgan fingerprint density at radius 2 is 1.96 bits per heavy atom. The summed E-state index contributed by atoms with van der Waals surface area (Å²) in [6, 6.07) is 14.2. The number of anilines is 1. The molecule has 1 atom stereocenters. The summed E-state index contributed by atoms with van der Waals surface area (Å²) in [5, 5.41) is 10.4. The first-order valence-electron chi connectivity index (χ1n) is 8.50. The zero-order valence-corrected chi connectivity index (χ0v) is 15.1. The summed E-state index contributed by atoms with van der Waals surface area (Å²) in [4.78, 5) is 2.18. The smallest absolute Gasteiger partial charge is 0.134 e. The SMILES string of the molecule is CN(C)c1ccccc1CC1CCCC=C1c1ccc(Cl)c(O)c1. The van der Waals surface area contributed by atoms with Crippen LogP contribution in [0.25, 0.3) is 5.57 Å². The lowest BCUT2D eigenvalue weighted by Crippen LogP contribution is -2.15. The minimum atomic E-state index is 0.160. The van der Waals surface area contributed by atoms with Crippen LogP contribution in [0.3, 0.4) is 0 Å². The quantitative estimate of drug-likeness (QED) is 0.789. The van der Waals surface area contributed by atoms with Gasteiger partial charge in [0.2, 0.25) is 0 Å². The van der Waals surface area contributed by atoms with Gasteiger partial charge >= 0.3 is 0 Å². The lowest BCUT2D eigenvalue weighted by Gasteiger charge is -2.27. The summed E-state index contributed by atoms with van der Waals surface area (Å²) in [6.45, 7) is 0. The lowest BCUT2D eigenvalue weighted by molar-refractivity contribution is 0.475. The van der Waals surface area contributed by atoms with E-state index in [1.54, 1.807) is 12.1 Å². The second-order valence-corrected chi connectivity index (χ2v) is 7.09. The number of halogens is 1. The van der Waals surface area contributed by atoms with Crippen LogP contribution in [0.2, 0.25) is 5.02 Å². The summed E-state index contributed by atoms with van der Waals surface area (Å²) in [5.74, 6) is 0.633. The average Bonchev–Trinajstić information content (AvgIpc) is 2.58. The monoisotopic (exact) mass is 341 g/mol. The van der Waals surface area contributed by atoms with Gasteiger partial charge in [-0.2, -0.15) is 0 Å². The fourth-order valence-corrected chi connectivity index (χ4v) is 3.70. The molecular weight excluding hydrogens is 318 g/mol. The number of phenolic OH excluding ortho intramolecular Hbond substituents is 1. The summed E-state index contributed by atoms with van der Waals surface area (Å²) >= 11 is 5.97. The Morgan fingerprint density at radius 3 is 2.71 bits per heavy atom. The molecular formula is C21H24ClNO. The summed E-state index contributed by atoms with van der Waals surface area (Å²) < 4.78 is 0. The van der Waals surface area contributed by atoms with Crippen LogP contribution in [0.5, 0.6) is 5.75 Å². The van der Waals surface area contributed by atoms with E-state index in [-0.39, 0.29) is 5.75 Å². The zero-order chi connectivity index (χ0) is 17.1. The second kappa shape index (κ2) is 7.31. The number of nitrogens with zero attached hydrogens (tertiary/aromatic N) is 1. The molecule has 3 rings (SSSR count). The van der Waals surface area contributed by atoms with Gasteiger partial charge in [-0.05, 0) is 66.5 Å². The van der Waals surface area contributed by atoms with Gasteiger partial charge in [0.05, 0.1) is 5.02 Å². The Kier molecular flexibility index (Phi) is 5.15. The minimum Gasteiger partial charge on any atom is -0.506 e. The molecule has 2 aromatic rings. The standard InChI is InChI=1S/C21H24ClNO/c1-23(2)20-10-6-4-8-17(20)13-15-7-3-5-9-18(15)16-11-12-19(22)21(24)14-16/h4,6,8-12,14-15,24H,3,5,7,13H2,1-2H3. The fourth-order valence-electron chi connectivity index (χ4n) is 3.59. The first kappa shape index (κ1) is 16.9. The molecule has 0 bridgehead atoms. The number of benzene rings is 2. The highest BCUT2D eigenvalue weighted by Crippen LogP contribution is 2.38. The highest BCUT2D eigenvalue weighted by molar-refractivity contribution is 6.32. The fraction of sp³-hybridized carbons (Fsp3) is 0.333. The second-order valence-electron chi connectivity index (χ2n) is 6.68. The van der Waals surface area contributed by atoms with Gasteiger partial charge in [-0.25, -0.2) is 0 Å². The largest absolute Gasteiger partial charge is 0.506 e. The van der Waals surface area contributed by atoms with Gasteiger partial charge in [0.1, 0.15) is 5.75 Å². The van der Waals surface area contributed by atoms with Gasteiger partial charge in [-0.3, -0.25) is 0 Å². The van der Waals surface area contributed by atoms with Crippen molar-refractivity contribution in [2.75, 3.05) is 19.0 Å². The van der Waals surface area contributed by atoms with Crippen molar-refractivity contribution in [2.45, 2.75) is 25.7 Å². The van der Waals surface area contributed by atoms with Crippen LogP contribution in [0.1, 0.15) is 30.4 Å². The van der Waals surface area contributed by atoms with Crippen molar-refractivity contribution in [3.8, 4) is 5.75 Å². The van der Waals surface area contributed by atoms with Crippen molar-refractivity contribution < 1.29 is 5.11 Å². The number of hydrogen-bond donors (Lipinski definition) is 1. The molecule has 0 radical (unpaired) electrons. The Bertz CT molecular complexity index is 751. The number of para-hydroxylation sites is 1. The maximum absolute atomic E-state index is 9.96. The summed E-state index contributed by atoms with van der Waals surface area (Å²) in [7, 11) is 4.18. The Balaban J connectivity index is 1.91. The molecule has 1 aliphatic rings. The van der Waals surface area contributed by atoms with Crippen molar-refractivity contribution in [3.05, 3.63) is 64.7 Å². The molecule has 1 unspecified atom stereocenters. The molecule has 0 fully saturated rings. The van der Waals surface area contributed by atoms with Crippen molar-refractivity contribution in [3.63, 3.8) is 0 Å². The van der Waals surface area contributed by atoms with Gasteiger partial charge in [-0.1, -0.05) is 41.9 Å². The third kappa shape index (κ3) is 3.59. The molecule has 1 N–H and O–H groups in total. The van der Waals surface area contributed by atoms with Gasteiger partial charge in [-0.15, -0.1) is 0 Å². The molecule has 3 heteroatoms. The maximum atomic E-state index is 9.96. The van der Waals surface area contributed by atoms with Crippen molar-refractivity contribution in [1.29, 1.82) is 0 Å². The minimum absolute atomic E-state index is 0.160. The van der Waals surface area contributed by atoms with Crippen LogP contribution < -0.4 is 4.90 Å². The number of allylic oxidation sites excluding steroid dienone is 2. The Morgan fingerprint density at radius 1 is 1.17 bits per heavy atom. The van der Waals surface area contributed by atoms with E-state index in [0.29, 0.717) is 10.9 Å². The van der Waals surface area contributed by atoms with Gasteiger partial charge in [0.25, 0.3) is 0 Å². The molecule has 0 spiro atoms. The Hall–Kier alpha value is -1.93. The van der Waals surface area contributed by atoms with E-state index >= 15 is 0 Å².